The van der Waals surface area contributed by atoms with Crippen LogP contribution in [0.4, 0.5) is 19.0 Å². The van der Waals surface area contributed by atoms with E-state index in [1.54, 1.807) is 0 Å². The topological polar surface area (TPSA) is 71.1 Å². The highest BCUT2D eigenvalue weighted by molar-refractivity contribution is 7.89. The number of rotatable bonds is 5. The average Bonchev–Trinajstić information content (AvgIpc) is 2.27. The molecular weight excluding hydrogens is 307 g/mol. The third kappa shape index (κ3) is 5.21. The molecule has 10 heteroatoms. The molecule has 1 aromatic rings. The minimum absolute atomic E-state index is 0.0895. The van der Waals surface area contributed by atoms with E-state index in [1.807, 2.05) is 0 Å². The van der Waals surface area contributed by atoms with Crippen LogP contribution in [0.1, 0.15) is 5.56 Å². The van der Waals surface area contributed by atoms with Crippen LogP contribution in [0.2, 0.25) is 5.15 Å². The summed E-state index contributed by atoms with van der Waals surface area (Å²) < 4.78 is 61.8. The van der Waals surface area contributed by atoms with Crippen LogP contribution in [0.15, 0.2) is 12.1 Å². The van der Waals surface area contributed by atoms with E-state index in [-0.39, 0.29) is 23.3 Å². The molecule has 0 aliphatic carbocycles. The number of hydrogen-bond acceptors (Lipinski definition) is 4. The second kappa shape index (κ2) is 5.93. The van der Waals surface area contributed by atoms with E-state index in [0.717, 1.165) is 6.07 Å². The normalized spacial score (nSPS) is 12.5. The molecule has 5 nitrogen and oxygen atoms in total. The molecule has 1 aromatic heterocycles. The molecule has 19 heavy (non-hydrogen) atoms. The maximum Gasteiger partial charge on any atom is 0.416 e. The number of nitrogens with one attached hydrogen (secondary N) is 2. The van der Waals surface area contributed by atoms with Gasteiger partial charge in [0.15, 0.2) is 0 Å². The van der Waals surface area contributed by atoms with Gasteiger partial charge in [-0.25, -0.2) is 18.1 Å². The number of pyridine rings is 1. The number of hydrogen-bond donors (Lipinski definition) is 2. The molecule has 0 aliphatic rings. The lowest BCUT2D eigenvalue weighted by Crippen LogP contribution is -2.26. The van der Waals surface area contributed by atoms with Crippen molar-refractivity contribution >= 4 is 27.4 Å². The highest BCUT2D eigenvalue weighted by Gasteiger charge is 2.31. The highest BCUT2D eigenvalue weighted by Crippen LogP contribution is 2.31. The van der Waals surface area contributed by atoms with E-state index in [2.05, 4.69) is 15.0 Å². The van der Waals surface area contributed by atoms with E-state index in [1.165, 1.54) is 7.05 Å². The van der Waals surface area contributed by atoms with Crippen LogP contribution in [0.25, 0.3) is 0 Å². The maximum atomic E-state index is 12.5. The van der Waals surface area contributed by atoms with Crippen molar-refractivity contribution in [2.75, 3.05) is 24.7 Å². The number of anilines is 1. The first kappa shape index (κ1) is 16.0. The summed E-state index contributed by atoms with van der Waals surface area (Å²) in [7, 11) is -2.19. The van der Waals surface area contributed by atoms with Gasteiger partial charge in [-0.05, 0) is 19.2 Å². The molecule has 0 bridgehead atoms. The fourth-order valence-corrected chi connectivity index (χ4v) is 1.95. The van der Waals surface area contributed by atoms with Crippen LogP contribution in [-0.4, -0.2) is 32.7 Å². The van der Waals surface area contributed by atoms with Crippen molar-refractivity contribution in [2.24, 2.45) is 0 Å². The summed E-state index contributed by atoms with van der Waals surface area (Å²) >= 11 is 5.47. The molecule has 1 rings (SSSR count). The Balaban J connectivity index is 2.77. The number of aromatic nitrogens is 1. The smallest absolute Gasteiger partial charge is 0.369 e. The Morgan fingerprint density at radius 3 is 2.53 bits per heavy atom. The fraction of sp³-hybridized carbons (Fsp3) is 0.444. The van der Waals surface area contributed by atoms with Gasteiger partial charge in [0.25, 0.3) is 0 Å². The van der Waals surface area contributed by atoms with Crippen molar-refractivity contribution in [1.82, 2.24) is 9.71 Å². The van der Waals surface area contributed by atoms with Crippen molar-refractivity contribution in [3.05, 3.63) is 22.8 Å². The summed E-state index contributed by atoms with van der Waals surface area (Å²) in [6.45, 7) is -0.0895. The molecule has 0 atom stereocenters. The predicted octanol–water partition coefficient (Wildman–Crippen LogP) is 1.71. The molecule has 0 saturated heterocycles. The molecule has 0 fully saturated rings. The lowest BCUT2D eigenvalue weighted by atomic mass is 10.2. The first-order chi connectivity index (χ1) is 8.64. The van der Waals surface area contributed by atoms with Gasteiger partial charge >= 0.3 is 6.18 Å². The molecule has 2 N–H and O–H groups in total. The lowest BCUT2D eigenvalue weighted by Gasteiger charge is -2.10. The lowest BCUT2D eigenvalue weighted by molar-refractivity contribution is -0.137. The molecule has 0 unspecified atom stereocenters. The summed E-state index contributed by atoms with van der Waals surface area (Å²) in [6.07, 6.45) is -4.54. The predicted molar refractivity (Wildman–Crippen MR) is 65.6 cm³/mol. The molecule has 0 spiro atoms. The Morgan fingerprint density at radius 1 is 1.37 bits per heavy atom. The number of alkyl halides is 3. The minimum Gasteiger partial charge on any atom is -0.369 e. The largest absolute Gasteiger partial charge is 0.416 e. The van der Waals surface area contributed by atoms with Gasteiger partial charge in [0.05, 0.1) is 11.3 Å². The van der Waals surface area contributed by atoms with Crippen LogP contribution < -0.4 is 10.0 Å². The van der Waals surface area contributed by atoms with Crippen molar-refractivity contribution in [3.8, 4) is 0 Å². The Kier molecular flexibility index (Phi) is 4.99. The third-order valence-electron chi connectivity index (χ3n) is 2.11. The molecule has 0 aliphatic heterocycles. The van der Waals surface area contributed by atoms with Gasteiger partial charge in [-0.3, -0.25) is 0 Å². The summed E-state index contributed by atoms with van der Waals surface area (Å²) in [5.41, 5.74) is -0.952. The summed E-state index contributed by atoms with van der Waals surface area (Å²) in [4.78, 5) is 3.63. The van der Waals surface area contributed by atoms with Crippen LogP contribution in [-0.2, 0) is 16.2 Å². The molecule has 0 radical (unpaired) electrons. The monoisotopic (exact) mass is 317 g/mol. The van der Waals surface area contributed by atoms with Gasteiger partial charge in [-0.15, -0.1) is 0 Å². The first-order valence-corrected chi connectivity index (χ1v) is 7.07. The molecule has 1 heterocycles. The number of sulfonamides is 1. The summed E-state index contributed by atoms with van der Waals surface area (Å²) in [5, 5.41) is 2.15. The Hall–Kier alpha value is -1.06. The second-order valence-corrected chi connectivity index (χ2v) is 5.94. The van der Waals surface area contributed by atoms with Gasteiger partial charge in [0.1, 0.15) is 11.0 Å². The van der Waals surface area contributed by atoms with Crippen molar-refractivity contribution in [2.45, 2.75) is 6.18 Å². The average molecular weight is 318 g/mol. The first-order valence-electron chi connectivity index (χ1n) is 5.04. The quantitative estimate of drug-likeness (QED) is 0.811. The Morgan fingerprint density at radius 2 is 2.00 bits per heavy atom. The van der Waals surface area contributed by atoms with Gasteiger partial charge in [0.2, 0.25) is 10.0 Å². The third-order valence-corrected chi connectivity index (χ3v) is 3.67. The zero-order chi connectivity index (χ0) is 14.7. The fourth-order valence-electron chi connectivity index (χ4n) is 1.17. The van der Waals surface area contributed by atoms with E-state index >= 15 is 0 Å². The summed E-state index contributed by atoms with van der Waals surface area (Å²) in [6, 6.07) is 1.45. The van der Waals surface area contributed by atoms with Crippen molar-refractivity contribution in [1.29, 1.82) is 0 Å². The van der Waals surface area contributed by atoms with E-state index < -0.39 is 21.8 Å². The van der Waals surface area contributed by atoms with Crippen LogP contribution >= 0.6 is 11.6 Å². The SMILES string of the molecule is CNS(=O)(=O)CCNc1cc(C(F)(F)F)cc(Cl)n1. The molecule has 0 saturated carbocycles. The van der Waals surface area contributed by atoms with Crippen LogP contribution in [0, 0.1) is 0 Å². The van der Waals surface area contributed by atoms with Gasteiger partial charge in [-0.2, -0.15) is 13.2 Å². The maximum absolute atomic E-state index is 12.5. The minimum atomic E-state index is -4.54. The van der Waals surface area contributed by atoms with E-state index in [9.17, 15) is 21.6 Å². The Bertz CT molecular complexity index is 548. The van der Waals surface area contributed by atoms with Crippen LogP contribution in [0.3, 0.4) is 0 Å². The van der Waals surface area contributed by atoms with E-state index in [0.29, 0.717) is 6.07 Å². The molecule has 108 valence electrons. The van der Waals surface area contributed by atoms with Crippen molar-refractivity contribution in [3.63, 3.8) is 0 Å². The molecule has 0 amide bonds. The zero-order valence-corrected chi connectivity index (χ0v) is 11.3. The number of nitrogens with zero attached hydrogens (tertiary/aromatic N) is 1. The Labute approximate surface area is 113 Å². The van der Waals surface area contributed by atoms with E-state index in [4.69, 9.17) is 11.6 Å². The molecule has 0 aromatic carbocycles. The summed E-state index contributed by atoms with van der Waals surface area (Å²) in [5.74, 6) is -0.426. The van der Waals surface area contributed by atoms with Gasteiger partial charge < -0.3 is 5.32 Å². The standard InChI is InChI=1S/C9H11ClF3N3O2S/c1-14-19(17,18)3-2-15-8-5-6(9(11,12)13)4-7(10)16-8/h4-5,14H,2-3H2,1H3,(H,15,16). The van der Waals surface area contributed by atoms with Gasteiger partial charge in [0, 0.05) is 6.54 Å². The van der Waals surface area contributed by atoms with Gasteiger partial charge in [-0.1, -0.05) is 11.6 Å². The van der Waals surface area contributed by atoms with Crippen LogP contribution in [0.5, 0.6) is 0 Å². The zero-order valence-electron chi connectivity index (χ0n) is 9.75. The van der Waals surface area contributed by atoms with Crippen molar-refractivity contribution < 1.29 is 21.6 Å². The number of halogens is 4. The highest BCUT2D eigenvalue weighted by atomic mass is 35.5. The molecular formula is C9H11ClF3N3O2S. The second-order valence-electron chi connectivity index (χ2n) is 3.51.